The maximum absolute atomic E-state index is 5.89. The first kappa shape index (κ1) is 18.5. The molecule has 2 aromatic rings. The number of halogens is 4. The fourth-order valence-corrected chi connectivity index (χ4v) is 2.74. The monoisotopic (exact) mass is 401 g/mol. The average Bonchev–Trinajstić information content (AvgIpc) is 2.45. The van der Waals surface area contributed by atoms with E-state index in [0.717, 1.165) is 0 Å². The molecule has 0 radical (unpaired) electrons. The minimum atomic E-state index is 0.00347. The van der Waals surface area contributed by atoms with Crippen LogP contribution in [0, 0.1) is 0 Å². The molecule has 2 aromatic carbocycles. The Morgan fingerprint density at radius 3 is 1.75 bits per heavy atom. The van der Waals surface area contributed by atoms with Crippen LogP contribution in [0.25, 0.3) is 0 Å². The van der Waals surface area contributed by atoms with Gasteiger partial charge in [-0.15, -0.1) is 5.10 Å². The van der Waals surface area contributed by atoms with Crippen molar-refractivity contribution < 1.29 is 0 Å². The van der Waals surface area contributed by atoms with E-state index < -0.39 is 0 Å². The van der Waals surface area contributed by atoms with Gasteiger partial charge in [-0.2, -0.15) is 10.2 Å². The summed E-state index contributed by atoms with van der Waals surface area (Å²) in [5, 5.41) is 13.5. The number of nitrogens with zero attached hydrogens (tertiary/aromatic N) is 3. The second-order valence-electron chi connectivity index (χ2n) is 4.51. The molecule has 0 amide bonds. The number of hydrazone groups is 1. The minimum Gasteiger partial charge on any atom is -0.367 e. The first-order valence-electron chi connectivity index (χ1n) is 6.50. The highest BCUT2D eigenvalue weighted by Gasteiger charge is 1.96. The van der Waals surface area contributed by atoms with Crippen LogP contribution in [0.4, 0.5) is 0 Å². The maximum atomic E-state index is 5.89. The molecule has 24 heavy (non-hydrogen) atoms. The second kappa shape index (κ2) is 8.89. The van der Waals surface area contributed by atoms with Crippen LogP contribution in [0.15, 0.2) is 51.7 Å². The molecular formula is C15H11Cl4N5. The molecule has 124 valence electrons. The van der Waals surface area contributed by atoms with Gasteiger partial charge in [0.15, 0.2) is 0 Å². The molecule has 2 rings (SSSR count). The van der Waals surface area contributed by atoms with Gasteiger partial charge in [0.25, 0.3) is 0 Å². The number of hydrogen-bond donors (Lipinski definition) is 2. The number of guanidine groups is 1. The van der Waals surface area contributed by atoms with E-state index in [9.17, 15) is 0 Å². The van der Waals surface area contributed by atoms with Crippen molar-refractivity contribution in [3.63, 3.8) is 0 Å². The molecule has 0 aliphatic heterocycles. The van der Waals surface area contributed by atoms with Crippen LogP contribution in [-0.2, 0) is 0 Å². The molecule has 0 atom stereocenters. The summed E-state index contributed by atoms with van der Waals surface area (Å²) >= 11 is 23.5. The summed E-state index contributed by atoms with van der Waals surface area (Å²) in [6.07, 6.45) is 2.97. The summed E-state index contributed by atoms with van der Waals surface area (Å²) < 4.78 is 0. The van der Waals surface area contributed by atoms with E-state index in [1.165, 1.54) is 12.4 Å². The Labute approximate surface area is 158 Å². The molecule has 5 nitrogen and oxygen atoms in total. The quantitative estimate of drug-likeness (QED) is 0.446. The fraction of sp³-hybridized carbons (Fsp3) is 0. The molecular weight excluding hydrogens is 392 g/mol. The highest BCUT2D eigenvalue weighted by Crippen LogP contribution is 2.18. The molecule has 0 spiro atoms. The molecule has 0 aliphatic rings. The lowest BCUT2D eigenvalue weighted by molar-refractivity contribution is 0.994. The molecule has 0 heterocycles. The molecule has 0 saturated carbocycles. The number of nitrogens with one attached hydrogen (secondary N) is 1. The van der Waals surface area contributed by atoms with Crippen molar-refractivity contribution in [2.45, 2.75) is 0 Å². The Morgan fingerprint density at radius 2 is 1.25 bits per heavy atom. The molecule has 0 bridgehead atoms. The van der Waals surface area contributed by atoms with Crippen molar-refractivity contribution in [1.82, 2.24) is 5.43 Å². The van der Waals surface area contributed by atoms with E-state index in [1.54, 1.807) is 36.4 Å². The van der Waals surface area contributed by atoms with Gasteiger partial charge >= 0.3 is 0 Å². The van der Waals surface area contributed by atoms with Crippen molar-refractivity contribution in [2.24, 2.45) is 21.0 Å². The lowest BCUT2D eigenvalue weighted by Gasteiger charge is -1.98. The fourth-order valence-electron chi connectivity index (χ4n) is 1.65. The Bertz CT molecular complexity index is 777. The Hall–Kier alpha value is -1.79. The van der Waals surface area contributed by atoms with Crippen molar-refractivity contribution >= 4 is 64.8 Å². The number of nitrogens with two attached hydrogens (primary N) is 1. The predicted octanol–water partition coefficient (Wildman–Crippen LogP) is 4.57. The third-order valence-electron chi connectivity index (χ3n) is 2.53. The molecule has 0 aromatic heterocycles. The van der Waals surface area contributed by atoms with Gasteiger partial charge in [0.1, 0.15) is 0 Å². The van der Waals surface area contributed by atoms with Crippen LogP contribution in [-0.4, -0.2) is 18.4 Å². The Morgan fingerprint density at radius 1 is 0.792 bits per heavy atom. The van der Waals surface area contributed by atoms with Crippen molar-refractivity contribution in [3.8, 4) is 0 Å². The Kier molecular flexibility index (Phi) is 6.87. The number of hydrogen-bond acceptors (Lipinski definition) is 3. The lowest BCUT2D eigenvalue weighted by atomic mass is 10.2. The largest absolute Gasteiger partial charge is 0.367 e. The van der Waals surface area contributed by atoms with Crippen molar-refractivity contribution in [1.29, 1.82) is 0 Å². The van der Waals surface area contributed by atoms with E-state index in [-0.39, 0.29) is 5.96 Å². The lowest BCUT2D eigenvalue weighted by Crippen LogP contribution is -2.26. The molecule has 0 aliphatic carbocycles. The minimum absolute atomic E-state index is 0.00347. The highest BCUT2D eigenvalue weighted by molar-refractivity contribution is 6.35. The van der Waals surface area contributed by atoms with Gasteiger partial charge in [-0.25, -0.2) is 5.43 Å². The smallest absolute Gasteiger partial charge is 0.234 e. The van der Waals surface area contributed by atoms with Crippen LogP contribution in [0.1, 0.15) is 11.1 Å². The summed E-state index contributed by atoms with van der Waals surface area (Å²) in [7, 11) is 0. The normalized spacial score (nSPS) is 12.2. The second-order valence-corrected chi connectivity index (χ2v) is 6.25. The standard InChI is InChI=1S/C15H11Cl4N5/c16-11-1-9(2-12(17)5-11)7-21-23-15(20)24-22-8-10-3-13(18)6-14(19)4-10/h1-8H,(H3,20,23,24). The average molecular weight is 403 g/mol. The van der Waals surface area contributed by atoms with Crippen LogP contribution in [0.2, 0.25) is 20.1 Å². The maximum Gasteiger partial charge on any atom is 0.234 e. The van der Waals surface area contributed by atoms with Crippen molar-refractivity contribution in [2.75, 3.05) is 0 Å². The zero-order valence-corrected chi connectivity index (χ0v) is 15.1. The summed E-state index contributed by atoms with van der Waals surface area (Å²) in [5.41, 5.74) is 9.56. The van der Waals surface area contributed by atoms with Gasteiger partial charge in [0, 0.05) is 20.1 Å². The van der Waals surface area contributed by atoms with Crippen LogP contribution in [0.5, 0.6) is 0 Å². The molecule has 0 unspecified atom stereocenters. The topological polar surface area (TPSA) is 75.1 Å². The highest BCUT2D eigenvalue weighted by atomic mass is 35.5. The van der Waals surface area contributed by atoms with E-state index in [1.807, 2.05) is 0 Å². The number of rotatable bonds is 4. The summed E-state index contributed by atoms with van der Waals surface area (Å²) in [6, 6.07) is 10.0. The third-order valence-corrected chi connectivity index (χ3v) is 3.41. The van der Waals surface area contributed by atoms with Crippen LogP contribution < -0.4 is 11.2 Å². The first-order valence-corrected chi connectivity index (χ1v) is 8.01. The van der Waals surface area contributed by atoms with Crippen LogP contribution in [0.3, 0.4) is 0 Å². The van der Waals surface area contributed by atoms with E-state index in [2.05, 4.69) is 20.7 Å². The zero-order valence-electron chi connectivity index (χ0n) is 12.0. The van der Waals surface area contributed by atoms with E-state index >= 15 is 0 Å². The van der Waals surface area contributed by atoms with Crippen LogP contribution >= 0.6 is 46.4 Å². The molecule has 3 N–H and O–H groups in total. The molecule has 0 fully saturated rings. The third kappa shape index (κ3) is 6.37. The molecule has 0 saturated heterocycles. The van der Waals surface area contributed by atoms with Gasteiger partial charge in [-0.3, -0.25) is 0 Å². The predicted molar refractivity (Wildman–Crippen MR) is 103 cm³/mol. The summed E-state index contributed by atoms with van der Waals surface area (Å²) in [5.74, 6) is 0.00347. The SMILES string of the molecule is NC(=NN=Cc1cc(Cl)cc(Cl)c1)NN=Cc1cc(Cl)cc(Cl)c1. The Balaban J connectivity index is 1.96. The van der Waals surface area contributed by atoms with Gasteiger partial charge in [-0.1, -0.05) is 46.4 Å². The molecule has 9 heteroatoms. The first-order chi connectivity index (χ1) is 11.4. The van der Waals surface area contributed by atoms with Gasteiger partial charge in [-0.05, 0) is 47.5 Å². The zero-order chi connectivity index (χ0) is 17.5. The van der Waals surface area contributed by atoms with Gasteiger partial charge in [0.2, 0.25) is 5.96 Å². The van der Waals surface area contributed by atoms with E-state index in [0.29, 0.717) is 31.2 Å². The van der Waals surface area contributed by atoms with Gasteiger partial charge in [0.05, 0.1) is 12.4 Å². The van der Waals surface area contributed by atoms with Gasteiger partial charge < -0.3 is 5.73 Å². The summed E-state index contributed by atoms with van der Waals surface area (Å²) in [4.78, 5) is 0. The van der Waals surface area contributed by atoms with Crippen molar-refractivity contribution in [3.05, 3.63) is 67.6 Å². The summed E-state index contributed by atoms with van der Waals surface area (Å²) in [6.45, 7) is 0. The number of benzene rings is 2. The van der Waals surface area contributed by atoms with E-state index in [4.69, 9.17) is 52.1 Å².